The van der Waals surface area contributed by atoms with Crippen molar-refractivity contribution in [1.82, 2.24) is 0 Å². The van der Waals surface area contributed by atoms with Crippen molar-refractivity contribution >= 4 is 29.0 Å². The quantitative estimate of drug-likeness (QED) is 0.631. The molecule has 3 heteroatoms. The van der Waals surface area contributed by atoms with Crippen molar-refractivity contribution in [2.75, 3.05) is 0 Å². The molecule has 0 atom stereocenters. The summed E-state index contributed by atoms with van der Waals surface area (Å²) in [7, 11) is 0. The first-order chi connectivity index (χ1) is 8.30. The molecule has 18 heavy (non-hydrogen) atoms. The van der Waals surface area contributed by atoms with Crippen LogP contribution in [0.4, 0.5) is 0 Å². The molecule has 1 aliphatic carbocycles. The standard InChI is InChI=1S/C9H14O.C6H4Cl2/c1-7-4-8(10)6-9(2,3)5-7;7-5-3-1-2-4-6(5)8/h4H,5-6H2,1-3H3;1-4H. The number of rotatable bonds is 0. The zero-order chi connectivity index (χ0) is 13.8. The first-order valence-electron chi connectivity index (χ1n) is 5.90. The van der Waals surface area contributed by atoms with Crippen molar-refractivity contribution in [3.63, 3.8) is 0 Å². The average Bonchev–Trinajstić information content (AvgIpc) is 2.19. The maximum Gasteiger partial charge on any atom is 0.156 e. The van der Waals surface area contributed by atoms with Gasteiger partial charge in [0, 0.05) is 6.42 Å². The van der Waals surface area contributed by atoms with E-state index in [1.165, 1.54) is 5.57 Å². The van der Waals surface area contributed by atoms with Gasteiger partial charge in [0.15, 0.2) is 5.78 Å². The van der Waals surface area contributed by atoms with E-state index in [-0.39, 0.29) is 11.2 Å². The third-order valence-electron chi connectivity index (χ3n) is 2.64. The van der Waals surface area contributed by atoms with E-state index in [1.807, 2.05) is 19.1 Å². The zero-order valence-electron chi connectivity index (χ0n) is 11.0. The fourth-order valence-corrected chi connectivity index (χ4v) is 2.38. The van der Waals surface area contributed by atoms with Crippen molar-refractivity contribution in [3.8, 4) is 0 Å². The summed E-state index contributed by atoms with van der Waals surface area (Å²) in [6.07, 6.45) is 3.55. The number of halogens is 2. The SMILES string of the molecule is CC1=CC(=O)CC(C)(C)C1.Clc1ccccc1Cl. The van der Waals surface area contributed by atoms with Gasteiger partial charge in [-0.25, -0.2) is 0 Å². The molecular weight excluding hydrogens is 267 g/mol. The summed E-state index contributed by atoms with van der Waals surface area (Å²) in [4.78, 5) is 11.0. The molecule has 0 heterocycles. The fraction of sp³-hybridized carbons (Fsp3) is 0.400. The summed E-state index contributed by atoms with van der Waals surface area (Å²) < 4.78 is 0. The van der Waals surface area contributed by atoms with E-state index >= 15 is 0 Å². The molecule has 0 aliphatic heterocycles. The Labute approximate surface area is 119 Å². The van der Waals surface area contributed by atoms with Crippen molar-refractivity contribution in [2.45, 2.75) is 33.6 Å². The minimum Gasteiger partial charge on any atom is -0.295 e. The van der Waals surface area contributed by atoms with Gasteiger partial charge in [0.25, 0.3) is 0 Å². The van der Waals surface area contributed by atoms with E-state index in [9.17, 15) is 4.79 Å². The number of ketones is 1. The summed E-state index contributed by atoms with van der Waals surface area (Å²) in [5.41, 5.74) is 1.43. The molecule has 1 nitrogen and oxygen atoms in total. The van der Waals surface area contributed by atoms with Gasteiger partial charge in [0.1, 0.15) is 0 Å². The molecule has 0 saturated carbocycles. The van der Waals surface area contributed by atoms with Crippen molar-refractivity contribution in [3.05, 3.63) is 46.0 Å². The van der Waals surface area contributed by atoms with Crippen LogP contribution in [0.2, 0.25) is 10.0 Å². The van der Waals surface area contributed by atoms with Gasteiger partial charge < -0.3 is 0 Å². The maximum atomic E-state index is 11.0. The van der Waals surface area contributed by atoms with Crippen LogP contribution in [0.1, 0.15) is 33.6 Å². The Morgan fingerprint density at radius 3 is 1.89 bits per heavy atom. The molecule has 0 bridgehead atoms. The maximum absolute atomic E-state index is 11.0. The number of hydrogen-bond acceptors (Lipinski definition) is 1. The Kier molecular flexibility index (Phi) is 5.43. The van der Waals surface area contributed by atoms with Crippen molar-refractivity contribution < 1.29 is 4.79 Å². The predicted molar refractivity (Wildman–Crippen MR) is 78.2 cm³/mol. The summed E-state index contributed by atoms with van der Waals surface area (Å²) >= 11 is 11.2. The summed E-state index contributed by atoms with van der Waals surface area (Å²) in [5.74, 6) is 0.286. The molecule has 1 aromatic rings. The Bertz CT molecular complexity index is 440. The van der Waals surface area contributed by atoms with Gasteiger partial charge in [-0.1, -0.05) is 54.8 Å². The first-order valence-corrected chi connectivity index (χ1v) is 6.66. The van der Waals surface area contributed by atoms with Crippen LogP contribution in [0.25, 0.3) is 0 Å². The normalized spacial score (nSPS) is 17.6. The largest absolute Gasteiger partial charge is 0.295 e. The Hall–Kier alpha value is -0.790. The highest BCUT2D eigenvalue weighted by molar-refractivity contribution is 6.41. The second kappa shape index (κ2) is 6.40. The minimum atomic E-state index is 0.204. The van der Waals surface area contributed by atoms with Gasteiger partial charge in [0.05, 0.1) is 10.0 Å². The summed E-state index contributed by atoms with van der Waals surface area (Å²) in [6.45, 7) is 6.31. The lowest BCUT2D eigenvalue weighted by molar-refractivity contribution is -0.117. The van der Waals surface area contributed by atoms with Gasteiger partial charge in [-0.2, -0.15) is 0 Å². The number of carbonyl (C=O) groups is 1. The average molecular weight is 285 g/mol. The van der Waals surface area contributed by atoms with E-state index in [1.54, 1.807) is 18.2 Å². The van der Waals surface area contributed by atoms with E-state index < -0.39 is 0 Å². The van der Waals surface area contributed by atoms with Crippen LogP contribution in [-0.4, -0.2) is 5.78 Å². The fourth-order valence-electron chi connectivity index (χ4n) is 2.11. The lowest BCUT2D eigenvalue weighted by atomic mass is 9.77. The second-order valence-electron chi connectivity index (χ2n) is 5.39. The Balaban J connectivity index is 0.000000184. The monoisotopic (exact) mass is 284 g/mol. The van der Waals surface area contributed by atoms with Crippen LogP contribution in [0.15, 0.2) is 35.9 Å². The highest BCUT2D eigenvalue weighted by Gasteiger charge is 2.25. The van der Waals surface area contributed by atoms with Crippen LogP contribution in [0, 0.1) is 5.41 Å². The molecule has 2 rings (SSSR count). The highest BCUT2D eigenvalue weighted by atomic mass is 35.5. The molecule has 0 N–H and O–H groups in total. The summed E-state index contributed by atoms with van der Waals surface area (Å²) in [6, 6.07) is 7.19. The van der Waals surface area contributed by atoms with Crippen molar-refractivity contribution in [2.24, 2.45) is 5.41 Å². The Morgan fingerprint density at radius 1 is 1.06 bits per heavy atom. The summed E-state index contributed by atoms with van der Waals surface area (Å²) in [5, 5.41) is 1.21. The van der Waals surface area contributed by atoms with E-state index in [2.05, 4.69) is 13.8 Å². The van der Waals surface area contributed by atoms with Gasteiger partial charge in [-0.15, -0.1) is 0 Å². The van der Waals surface area contributed by atoms with E-state index in [0.717, 1.165) is 6.42 Å². The molecule has 0 saturated heterocycles. The Morgan fingerprint density at radius 2 is 1.56 bits per heavy atom. The molecule has 0 unspecified atom stereocenters. The van der Waals surface area contributed by atoms with Gasteiger partial charge >= 0.3 is 0 Å². The molecule has 98 valence electrons. The molecule has 0 aromatic heterocycles. The molecule has 0 fully saturated rings. The molecular formula is C15H18Cl2O. The topological polar surface area (TPSA) is 17.1 Å². The van der Waals surface area contributed by atoms with Gasteiger partial charge in [0.2, 0.25) is 0 Å². The highest BCUT2D eigenvalue weighted by Crippen LogP contribution is 2.32. The third kappa shape index (κ3) is 5.24. The molecule has 1 aromatic carbocycles. The van der Waals surface area contributed by atoms with Crippen LogP contribution >= 0.6 is 23.2 Å². The predicted octanol–water partition coefficient (Wildman–Crippen LogP) is 5.32. The number of carbonyl (C=O) groups excluding carboxylic acids is 1. The van der Waals surface area contributed by atoms with E-state index in [4.69, 9.17) is 23.2 Å². The van der Waals surface area contributed by atoms with Crippen LogP contribution < -0.4 is 0 Å². The minimum absolute atomic E-state index is 0.204. The zero-order valence-corrected chi connectivity index (χ0v) is 12.5. The van der Waals surface area contributed by atoms with Crippen LogP contribution in [0.3, 0.4) is 0 Å². The number of allylic oxidation sites excluding steroid dienone is 2. The lowest BCUT2D eigenvalue weighted by Crippen LogP contribution is -2.20. The van der Waals surface area contributed by atoms with Gasteiger partial charge in [-0.05, 0) is 37.0 Å². The van der Waals surface area contributed by atoms with Crippen LogP contribution in [-0.2, 0) is 4.79 Å². The van der Waals surface area contributed by atoms with Crippen molar-refractivity contribution in [1.29, 1.82) is 0 Å². The first kappa shape index (κ1) is 15.3. The molecule has 0 spiro atoms. The third-order valence-corrected chi connectivity index (χ3v) is 3.40. The van der Waals surface area contributed by atoms with Crippen LogP contribution in [0.5, 0.6) is 0 Å². The second-order valence-corrected chi connectivity index (χ2v) is 6.20. The lowest BCUT2D eigenvalue weighted by Gasteiger charge is -2.27. The number of hydrogen-bond donors (Lipinski definition) is 0. The smallest absolute Gasteiger partial charge is 0.156 e. The molecule has 0 amide bonds. The van der Waals surface area contributed by atoms with Gasteiger partial charge in [-0.3, -0.25) is 4.79 Å². The van der Waals surface area contributed by atoms with E-state index in [0.29, 0.717) is 16.5 Å². The molecule has 0 radical (unpaired) electrons. The molecule has 1 aliphatic rings. The number of benzene rings is 1.